The van der Waals surface area contributed by atoms with Gasteiger partial charge in [-0.25, -0.2) is 0 Å². The summed E-state index contributed by atoms with van der Waals surface area (Å²) in [5.41, 5.74) is 2.15. The first-order chi connectivity index (χ1) is 9.38. The Morgan fingerprint density at radius 3 is 2.50 bits per heavy atom. The average Bonchev–Trinajstić information content (AvgIpc) is 2.38. The Bertz CT molecular complexity index is 440. The van der Waals surface area contributed by atoms with E-state index in [1.807, 2.05) is 24.3 Å². The topological polar surface area (TPSA) is 12.0 Å². The predicted molar refractivity (Wildman–Crippen MR) is 76.0 cm³/mol. The van der Waals surface area contributed by atoms with Gasteiger partial charge in [0.1, 0.15) is 0 Å². The fraction of sp³-hybridized carbons (Fsp3) is 0.625. The highest BCUT2D eigenvalue weighted by Crippen LogP contribution is 2.38. The highest BCUT2D eigenvalue weighted by atomic mass is 19.4. The third-order valence-electron chi connectivity index (χ3n) is 4.08. The van der Waals surface area contributed by atoms with Crippen molar-refractivity contribution >= 4 is 5.69 Å². The predicted octanol–water partition coefficient (Wildman–Crippen LogP) is 5.34. The fourth-order valence-electron chi connectivity index (χ4n) is 2.97. The molecule has 2 atom stereocenters. The van der Waals surface area contributed by atoms with Crippen molar-refractivity contribution in [2.24, 2.45) is 5.92 Å². The van der Waals surface area contributed by atoms with Crippen LogP contribution in [-0.2, 0) is 0 Å². The van der Waals surface area contributed by atoms with E-state index in [4.69, 9.17) is 0 Å². The van der Waals surface area contributed by atoms with Crippen LogP contribution in [0.4, 0.5) is 18.9 Å². The van der Waals surface area contributed by atoms with Gasteiger partial charge in [-0.1, -0.05) is 38.5 Å². The molecule has 0 amide bonds. The molecule has 2 rings (SSSR count). The highest BCUT2D eigenvalue weighted by molar-refractivity contribution is 5.53. The summed E-state index contributed by atoms with van der Waals surface area (Å²) in [6.07, 6.45) is -2.13. The molecule has 1 aliphatic rings. The van der Waals surface area contributed by atoms with Crippen LogP contribution in [0.3, 0.4) is 0 Å². The molecular weight excluding hydrogens is 263 g/mol. The van der Waals surface area contributed by atoms with Crippen molar-refractivity contribution < 1.29 is 13.2 Å². The summed E-state index contributed by atoms with van der Waals surface area (Å²) in [7, 11) is 0. The largest absolute Gasteiger partial charge is 0.391 e. The maximum atomic E-state index is 12.8. The lowest BCUT2D eigenvalue weighted by atomic mass is 9.85. The van der Waals surface area contributed by atoms with Crippen molar-refractivity contribution in [1.82, 2.24) is 0 Å². The number of hydrogen-bond acceptors (Lipinski definition) is 1. The molecule has 1 nitrogen and oxygen atoms in total. The van der Waals surface area contributed by atoms with Crippen molar-refractivity contribution in [2.45, 2.75) is 57.7 Å². The van der Waals surface area contributed by atoms with E-state index in [9.17, 15) is 13.2 Å². The second-order valence-corrected chi connectivity index (χ2v) is 5.99. The maximum Gasteiger partial charge on any atom is 0.391 e. The third kappa shape index (κ3) is 3.68. The molecule has 112 valence electrons. The van der Waals surface area contributed by atoms with E-state index in [1.54, 1.807) is 0 Å². The van der Waals surface area contributed by atoms with Crippen LogP contribution in [-0.4, -0.2) is 12.2 Å². The van der Waals surface area contributed by atoms with Gasteiger partial charge < -0.3 is 5.32 Å². The summed E-state index contributed by atoms with van der Waals surface area (Å²) < 4.78 is 38.5. The Kier molecular flexibility index (Phi) is 4.61. The molecule has 0 aromatic heterocycles. The van der Waals surface area contributed by atoms with Gasteiger partial charge in [-0.2, -0.15) is 13.2 Å². The Morgan fingerprint density at radius 1 is 1.15 bits per heavy atom. The highest BCUT2D eigenvalue weighted by Gasteiger charge is 2.42. The fourth-order valence-corrected chi connectivity index (χ4v) is 2.97. The zero-order chi connectivity index (χ0) is 14.8. The van der Waals surface area contributed by atoms with Crippen molar-refractivity contribution in [3.63, 3.8) is 0 Å². The maximum absolute atomic E-state index is 12.8. The Hall–Kier alpha value is -1.19. The van der Waals surface area contributed by atoms with Crippen LogP contribution in [0.25, 0.3) is 0 Å². The summed E-state index contributed by atoms with van der Waals surface area (Å²) >= 11 is 0. The summed E-state index contributed by atoms with van der Waals surface area (Å²) in [6, 6.07) is 7.83. The first-order valence-electron chi connectivity index (χ1n) is 7.30. The molecule has 1 aromatic carbocycles. The van der Waals surface area contributed by atoms with Gasteiger partial charge in [-0.3, -0.25) is 0 Å². The molecule has 1 N–H and O–H groups in total. The van der Waals surface area contributed by atoms with Crippen molar-refractivity contribution in [3.8, 4) is 0 Å². The first kappa shape index (κ1) is 15.2. The van der Waals surface area contributed by atoms with Gasteiger partial charge in [-0.15, -0.1) is 0 Å². The number of para-hydroxylation sites is 1. The lowest BCUT2D eigenvalue weighted by Crippen LogP contribution is -2.34. The van der Waals surface area contributed by atoms with Gasteiger partial charge in [0.25, 0.3) is 0 Å². The van der Waals surface area contributed by atoms with E-state index < -0.39 is 12.1 Å². The van der Waals surface area contributed by atoms with Gasteiger partial charge >= 0.3 is 6.18 Å². The molecule has 0 radical (unpaired) electrons. The summed E-state index contributed by atoms with van der Waals surface area (Å²) in [4.78, 5) is 0. The molecule has 2 unspecified atom stereocenters. The van der Waals surface area contributed by atoms with Crippen LogP contribution in [0.15, 0.2) is 24.3 Å². The smallest absolute Gasteiger partial charge is 0.382 e. The lowest BCUT2D eigenvalue weighted by Gasteiger charge is -2.32. The van der Waals surface area contributed by atoms with Gasteiger partial charge in [-0.05, 0) is 36.8 Å². The number of rotatable bonds is 3. The zero-order valence-electron chi connectivity index (χ0n) is 12.0. The number of nitrogens with one attached hydrogen (secondary N) is 1. The number of benzene rings is 1. The van der Waals surface area contributed by atoms with E-state index in [1.165, 1.54) is 5.56 Å². The minimum atomic E-state index is -4.06. The number of alkyl halides is 3. The minimum absolute atomic E-state index is 0.0738. The monoisotopic (exact) mass is 285 g/mol. The van der Waals surface area contributed by atoms with Crippen molar-refractivity contribution in [3.05, 3.63) is 29.8 Å². The average molecular weight is 285 g/mol. The van der Waals surface area contributed by atoms with E-state index in [0.717, 1.165) is 12.1 Å². The first-order valence-corrected chi connectivity index (χ1v) is 7.30. The Labute approximate surface area is 118 Å². The van der Waals surface area contributed by atoms with Crippen LogP contribution >= 0.6 is 0 Å². The summed E-state index contributed by atoms with van der Waals surface area (Å²) in [6.45, 7) is 4.19. The van der Waals surface area contributed by atoms with Gasteiger partial charge in [0, 0.05) is 11.7 Å². The Balaban J connectivity index is 2.07. The zero-order valence-corrected chi connectivity index (χ0v) is 12.0. The van der Waals surface area contributed by atoms with Gasteiger partial charge in [0.05, 0.1) is 5.92 Å². The molecule has 1 saturated carbocycles. The quantitative estimate of drug-likeness (QED) is 0.790. The second-order valence-electron chi connectivity index (χ2n) is 5.99. The standard InChI is InChI=1S/C16H22F3N/c1-11(2)14-8-3-4-9-15(14)20-13-7-5-6-12(10-13)16(17,18)19/h3-4,8-9,11-13,20H,5-7,10H2,1-2H3. The second kappa shape index (κ2) is 6.06. The van der Waals surface area contributed by atoms with Crippen LogP contribution in [0.2, 0.25) is 0 Å². The molecule has 1 aliphatic carbocycles. The molecule has 0 saturated heterocycles. The number of halogens is 3. The number of hydrogen-bond donors (Lipinski definition) is 1. The van der Waals surface area contributed by atoms with Crippen LogP contribution < -0.4 is 5.32 Å². The minimum Gasteiger partial charge on any atom is -0.382 e. The Morgan fingerprint density at radius 2 is 1.85 bits per heavy atom. The molecule has 0 spiro atoms. The molecule has 0 bridgehead atoms. The molecule has 1 fully saturated rings. The van der Waals surface area contributed by atoms with Crippen LogP contribution in [0.5, 0.6) is 0 Å². The normalized spacial score (nSPS) is 23.9. The van der Waals surface area contributed by atoms with E-state index in [2.05, 4.69) is 19.2 Å². The van der Waals surface area contributed by atoms with Crippen LogP contribution in [0.1, 0.15) is 51.0 Å². The van der Waals surface area contributed by atoms with E-state index in [-0.39, 0.29) is 18.9 Å². The van der Waals surface area contributed by atoms with E-state index in [0.29, 0.717) is 12.3 Å². The SMILES string of the molecule is CC(C)c1ccccc1NC1CCCC(C(F)(F)F)C1. The molecule has 4 heteroatoms. The lowest BCUT2D eigenvalue weighted by molar-refractivity contribution is -0.182. The number of anilines is 1. The van der Waals surface area contributed by atoms with Gasteiger partial charge in [0.15, 0.2) is 0 Å². The van der Waals surface area contributed by atoms with Crippen molar-refractivity contribution in [1.29, 1.82) is 0 Å². The third-order valence-corrected chi connectivity index (χ3v) is 4.08. The molecule has 0 aliphatic heterocycles. The summed E-state index contributed by atoms with van der Waals surface area (Å²) in [5, 5.41) is 3.33. The van der Waals surface area contributed by atoms with Crippen molar-refractivity contribution in [2.75, 3.05) is 5.32 Å². The molecule has 0 heterocycles. The molecule has 1 aromatic rings. The van der Waals surface area contributed by atoms with Crippen LogP contribution in [0, 0.1) is 5.92 Å². The summed E-state index contributed by atoms with van der Waals surface area (Å²) in [5.74, 6) is -0.791. The molecule has 20 heavy (non-hydrogen) atoms. The van der Waals surface area contributed by atoms with Gasteiger partial charge in [0.2, 0.25) is 0 Å². The molecular formula is C16H22F3N. The van der Waals surface area contributed by atoms with E-state index >= 15 is 0 Å².